The van der Waals surface area contributed by atoms with E-state index in [-0.39, 0.29) is 18.1 Å². The second-order valence-corrected chi connectivity index (χ2v) is 5.75. The fourth-order valence-electron chi connectivity index (χ4n) is 1.78. The Labute approximate surface area is 93.6 Å². The van der Waals surface area contributed by atoms with Crippen LogP contribution in [-0.2, 0) is 0 Å². The van der Waals surface area contributed by atoms with Crippen molar-refractivity contribution in [1.29, 1.82) is 0 Å². The fourth-order valence-corrected chi connectivity index (χ4v) is 1.78. The van der Waals surface area contributed by atoms with Crippen molar-refractivity contribution in [2.75, 3.05) is 19.7 Å². The molecule has 1 saturated carbocycles. The van der Waals surface area contributed by atoms with Crippen molar-refractivity contribution >= 4 is 0 Å². The minimum absolute atomic E-state index is 0.189. The van der Waals surface area contributed by atoms with E-state index in [1.165, 1.54) is 12.8 Å². The molecule has 15 heavy (non-hydrogen) atoms. The Hall–Kier alpha value is -0.120. The van der Waals surface area contributed by atoms with Crippen LogP contribution in [0, 0.1) is 5.41 Å². The van der Waals surface area contributed by atoms with Gasteiger partial charge in [-0.15, -0.1) is 0 Å². The van der Waals surface area contributed by atoms with Crippen LogP contribution in [-0.4, -0.2) is 41.8 Å². The van der Waals surface area contributed by atoms with E-state index in [4.69, 9.17) is 10.8 Å². The van der Waals surface area contributed by atoms with Gasteiger partial charge in [0.05, 0.1) is 6.61 Å². The summed E-state index contributed by atoms with van der Waals surface area (Å²) >= 11 is 0. The highest BCUT2D eigenvalue weighted by Gasteiger charge is 2.29. The maximum Gasteiger partial charge on any atom is 0.0558 e. The first-order valence-electron chi connectivity index (χ1n) is 6.05. The van der Waals surface area contributed by atoms with Crippen LogP contribution in [0.5, 0.6) is 0 Å². The summed E-state index contributed by atoms with van der Waals surface area (Å²) in [6, 6.07) is 0.974. The summed E-state index contributed by atoms with van der Waals surface area (Å²) in [5, 5.41) is 8.97. The van der Waals surface area contributed by atoms with Gasteiger partial charge in [0.25, 0.3) is 0 Å². The van der Waals surface area contributed by atoms with Gasteiger partial charge in [-0.3, -0.25) is 4.90 Å². The summed E-state index contributed by atoms with van der Waals surface area (Å²) in [6.07, 6.45) is 3.62. The Morgan fingerprint density at radius 3 is 2.33 bits per heavy atom. The van der Waals surface area contributed by atoms with E-state index in [0.717, 1.165) is 25.6 Å². The van der Waals surface area contributed by atoms with E-state index < -0.39 is 0 Å². The first kappa shape index (κ1) is 12.9. The molecule has 1 atom stereocenters. The highest BCUT2D eigenvalue weighted by molar-refractivity contribution is 4.86. The van der Waals surface area contributed by atoms with Gasteiger partial charge in [-0.05, 0) is 24.7 Å². The lowest BCUT2D eigenvalue weighted by molar-refractivity contribution is 0.174. The molecule has 0 heterocycles. The first-order chi connectivity index (χ1) is 6.95. The molecule has 0 spiro atoms. The highest BCUT2D eigenvalue weighted by atomic mass is 16.3. The second-order valence-electron chi connectivity index (χ2n) is 5.75. The number of aliphatic hydroxyl groups is 1. The number of nitrogens with zero attached hydrogens (tertiary/aromatic N) is 1. The molecule has 0 amide bonds. The van der Waals surface area contributed by atoms with E-state index in [2.05, 4.69) is 25.7 Å². The summed E-state index contributed by atoms with van der Waals surface area (Å²) < 4.78 is 0. The maximum absolute atomic E-state index is 8.97. The fraction of sp³-hybridized carbons (Fsp3) is 1.00. The average molecular weight is 214 g/mol. The van der Waals surface area contributed by atoms with Gasteiger partial charge in [-0.25, -0.2) is 0 Å². The van der Waals surface area contributed by atoms with Crippen LogP contribution in [0.2, 0.25) is 0 Å². The molecule has 1 rings (SSSR count). The lowest BCUT2D eigenvalue weighted by Gasteiger charge is -2.30. The van der Waals surface area contributed by atoms with E-state index in [1.807, 2.05) is 0 Å². The topological polar surface area (TPSA) is 49.5 Å². The molecule has 0 aromatic heterocycles. The summed E-state index contributed by atoms with van der Waals surface area (Å²) in [7, 11) is 0. The van der Waals surface area contributed by atoms with E-state index in [9.17, 15) is 0 Å². The van der Waals surface area contributed by atoms with Gasteiger partial charge >= 0.3 is 0 Å². The van der Waals surface area contributed by atoms with Crippen LogP contribution in [0.25, 0.3) is 0 Å². The Bertz CT molecular complexity index is 185. The zero-order valence-corrected chi connectivity index (χ0v) is 10.4. The zero-order valence-electron chi connectivity index (χ0n) is 10.4. The maximum atomic E-state index is 8.97. The summed E-state index contributed by atoms with van der Waals surface area (Å²) in [5.74, 6) is 0. The van der Waals surface area contributed by atoms with Gasteiger partial charge in [-0.1, -0.05) is 20.8 Å². The molecule has 0 saturated heterocycles. The molecule has 1 unspecified atom stereocenters. The summed E-state index contributed by atoms with van der Waals surface area (Å²) in [4.78, 5) is 2.38. The third-order valence-corrected chi connectivity index (χ3v) is 3.29. The van der Waals surface area contributed by atoms with Crippen LogP contribution in [0.1, 0.15) is 40.0 Å². The number of hydrogen-bond donors (Lipinski definition) is 2. The molecule has 0 aromatic rings. The van der Waals surface area contributed by atoms with Crippen molar-refractivity contribution in [3.05, 3.63) is 0 Å². The van der Waals surface area contributed by atoms with Crippen LogP contribution in [0.15, 0.2) is 0 Å². The molecule has 0 radical (unpaired) electrons. The van der Waals surface area contributed by atoms with E-state index in [0.29, 0.717) is 0 Å². The Morgan fingerprint density at radius 1 is 1.33 bits per heavy atom. The second kappa shape index (κ2) is 5.28. The first-order valence-corrected chi connectivity index (χ1v) is 6.05. The minimum atomic E-state index is 0.189. The number of rotatable bonds is 6. The van der Waals surface area contributed by atoms with Gasteiger partial charge in [0, 0.05) is 25.2 Å². The molecule has 0 bridgehead atoms. The van der Waals surface area contributed by atoms with Crippen molar-refractivity contribution in [3.8, 4) is 0 Å². The van der Waals surface area contributed by atoms with Gasteiger partial charge in [0.1, 0.15) is 0 Å². The normalized spacial score (nSPS) is 19.6. The SMILES string of the molecule is CC(C)(C)C(N)CCN(CCO)C1CC1. The lowest BCUT2D eigenvalue weighted by Crippen LogP contribution is -2.40. The third-order valence-electron chi connectivity index (χ3n) is 3.29. The van der Waals surface area contributed by atoms with Gasteiger partial charge in [0.15, 0.2) is 0 Å². The highest BCUT2D eigenvalue weighted by Crippen LogP contribution is 2.27. The Kier molecular flexibility index (Phi) is 4.56. The molecule has 3 N–H and O–H groups in total. The van der Waals surface area contributed by atoms with E-state index >= 15 is 0 Å². The van der Waals surface area contributed by atoms with Crippen molar-refractivity contribution in [2.45, 2.75) is 52.1 Å². The van der Waals surface area contributed by atoms with Crippen LogP contribution < -0.4 is 5.73 Å². The molecule has 1 aliphatic carbocycles. The summed E-state index contributed by atoms with van der Waals surface area (Å²) in [5.41, 5.74) is 6.32. The van der Waals surface area contributed by atoms with Crippen molar-refractivity contribution in [1.82, 2.24) is 4.90 Å². The molecule has 3 heteroatoms. The van der Waals surface area contributed by atoms with Crippen LogP contribution in [0.4, 0.5) is 0 Å². The number of aliphatic hydroxyl groups excluding tert-OH is 1. The van der Waals surface area contributed by atoms with Crippen molar-refractivity contribution < 1.29 is 5.11 Å². The standard InChI is InChI=1S/C12H26N2O/c1-12(2,3)11(13)6-7-14(8-9-15)10-4-5-10/h10-11,15H,4-9,13H2,1-3H3. The van der Waals surface area contributed by atoms with E-state index in [1.54, 1.807) is 0 Å². The van der Waals surface area contributed by atoms with Gasteiger partial charge in [0.2, 0.25) is 0 Å². The third kappa shape index (κ3) is 4.49. The molecule has 1 aliphatic rings. The van der Waals surface area contributed by atoms with Crippen LogP contribution >= 0.6 is 0 Å². The zero-order chi connectivity index (χ0) is 11.5. The Morgan fingerprint density at radius 2 is 1.93 bits per heavy atom. The molecule has 90 valence electrons. The minimum Gasteiger partial charge on any atom is -0.395 e. The molecular weight excluding hydrogens is 188 g/mol. The van der Waals surface area contributed by atoms with Gasteiger partial charge in [-0.2, -0.15) is 0 Å². The predicted molar refractivity (Wildman–Crippen MR) is 63.7 cm³/mol. The molecule has 1 fully saturated rings. The largest absolute Gasteiger partial charge is 0.395 e. The molecular formula is C12H26N2O. The number of hydrogen-bond acceptors (Lipinski definition) is 3. The van der Waals surface area contributed by atoms with Crippen molar-refractivity contribution in [2.24, 2.45) is 11.1 Å². The van der Waals surface area contributed by atoms with Crippen LogP contribution in [0.3, 0.4) is 0 Å². The smallest absolute Gasteiger partial charge is 0.0558 e. The Balaban J connectivity index is 2.26. The van der Waals surface area contributed by atoms with Gasteiger partial charge < -0.3 is 10.8 Å². The lowest BCUT2D eigenvalue weighted by atomic mass is 9.85. The predicted octanol–water partition coefficient (Wildman–Crippen LogP) is 1.21. The monoisotopic (exact) mass is 214 g/mol. The average Bonchev–Trinajstić information content (AvgIpc) is 2.93. The quantitative estimate of drug-likeness (QED) is 0.698. The molecule has 0 aromatic carbocycles. The summed E-state index contributed by atoms with van der Waals surface area (Å²) in [6.45, 7) is 8.66. The van der Waals surface area contributed by atoms with Crippen molar-refractivity contribution in [3.63, 3.8) is 0 Å². The number of nitrogens with two attached hydrogens (primary N) is 1. The molecule has 3 nitrogen and oxygen atoms in total. The molecule has 0 aliphatic heterocycles.